The molecular weight excluding hydrogens is 286 g/mol. The van der Waals surface area contributed by atoms with Gasteiger partial charge in [-0.2, -0.15) is 5.10 Å². The van der Waals surface area contributed by atoms with E-state index in [1.54, 1.807) is 6.07 Å². The molecule has 1 aliphatic rings. The molecule has 2 aromatic heterocycles. The van der Waals surface area contributed by atoms with Crippen LogP contribution in [0.4, 0.5) is 0 Å². The summed E-state index contributed by atoms with van der Waals surface area (Å²) in [5.41, 5.74) is 1.47. The fourth-order valence-corrected chi connectivity index (χ4v) is 2.46. The van der Waals surface area contributed by atoms with Gasteiger partial charge in [-0.15, -0.1) is 0 Å². The van der Waals surface area contributed by atoms with Crippen LogP contribution in [-0.4, -0.2) is 32.2 Å². The quantitative estimate of drug-likeness (QED) is 0.772. The molecule has 3 rings (SSSR count). The molecule has 0 saturated heterocycles. The summed E-state index contributed by atoms with van der Waals surface area (Å²) >= 11 is 0. The van der Waals surface area contributed by atoms with Gasteiger partial charge in [0.1, 0.15) is 5.69 Å². The van der Waals surface area contributed by atoms with Crippen LogP contribution < -0.4 is 16.4 Å². The van der Waals surface area contributed by atoms with Crippen LogP contribution in [0.25, 0.3) is 0 Å². The van der Waals surface area contributed by atoms with E-state index in [1.165, 1.54) is 11.0 Å². The lowest BCUT2D eigenvalue weighted by molar-refractivity contribution is 0.0946. The van der Waals surface area contributed by atoms with E-state index in [-0.39, 0.29) is 24.3 Å². The molecule has 0 aromatic carbocycles. The van der Waals surface area contributed by atoms with Crippen LogP contribution in [0.15, 0.2) is 28.0 Å². The zero-order valence-electron chi connectivity index (χ0n) is 11.8. The summed E-state index contributed by atoms with van der Waals surface area (Å²) in [6, 6.07) is 2.74. The Bertz CT molecular complexity index is 824. The van der Waals surface area contributed by atoms with Gasteiger partial charge in [0.2, 0.25) is 0 Å². The highest BCUT2D eigenvalue weighted by atomic mass is 16.2. The Hall–Kier alpha value is -2.77. The summed E-state index contributed by atoms with van der Waals surface area (Å²) in [6.45, 7) is 0.514. The van der Waals surface area contributed by atoms with Crippen molar-refractivity contribution in [3.63, 3.8) is 0 Å². The first kappa shape index (κ1) is 14.2. The highest BCUT2D eigenvalue weighted by molar-refractivity contribution is 5.91. The van der Waals surface area contributed by atoms with E-state index >= 15 is 0 Å². The van der Waals surface area contributed by atoms with Crippen LogP contribution in [0, 0.1) is 0 Å². The van der Waals surface area contributed by atoms with Gasteiger partial charge in [-0.25, -0.2) is 9.67 Å². The topological polar surface area (TPSA) is 110 Å². The zero-order chi connectivity index (χ0) is 15.5. The molecule has 2 N–H and O–H groups in total. The Morgan fingerprint density at radius 3 is 3.00 bits per heavy atom. The molecule has 8 heteroatoms. The lowest BCUT2D eigenvalue weighted by Gasteiger charge is -2.08. The predicted molar refractivity (Wildman–Crippen MR) is 77.7 cm³/mol. The molecule has 0 aliphatic heterocycles. The van der Waals surface area contributed by atoms with Crippen LogP contribution in [0.1, 0.15) is 28.2 Å². The number of carbonyl (C=O) groups excluding carboxylic acids is 1. The number of rotatable bonds is 4. The monoisotopic (exact) mass is 301 g/mol. The lowest BCUT2D eigenvalue weighted by atomic mass is 10.2. The largest absolute Gasteiger partial charge is 0.349 e. The molecule has 8 nitrogen and oxygen atoms in total. The Balaban J connectivity index is 1.63. The van der Waals surface area contributed by atoms with Gasteiger partial charge in [-0.05, 0) is 24.8 Å². The van der Waals surface area contributed by atoms with Crippen molar-refractivity contribution in [2.75, 3.05) is 6.54 Å². The van der Waals surface area contributed by atoms with E-state index in [4.69, 9.17) is 0 Å². The van der Waals surface area contributed by atoms with Crippen molar-refractivity contribution in [1.29, 1.82) is 0 Å². The number of H-pyrrole nitrogens is 1. The van der Waals surface area contributed by atoms with Gasteiger partial charge < -0.3 is 10.3 Å². The second kappa shape index (κ2) is 5.92. The molecule has 0 radical (unpaired) electrons. The van der Waals surface area contributed by atoms with Crippen molar-refractivity contribution < 1.29 is 4.79 Å². The number of hydrogen-bond donors (Lipinski definition) is 2. The van der Waals surface area contributed by atoms with Crippen molar-refractivity contribution in [3.8, 4) is 0 Å². The van der Waals surface area contributed by atoms with Crippen LogP contribution in [0.5, 0.6) is 0 Å². The number of hydrogen-bond acceptors (Lipinski definition) is 5. The normalized spacial score (nSPS) is 12.9. The van der Waals surface area contributed by atoms with Gasteiger partial charge in [-0.3, -0.25) is 14.4 Å². The highest BCUT2D eigenvalue weighted by Gasteiger charge is 2.14. The fraction of sp³-hybridized carbons (Fsp3) is 0.357. The van der Waals surface area contributed by atoms with Crippen LogP contribution in [-0.2, 0) is 19.4 Å². The maximum absolute atomic E-state index is 11.9. The van der Waals surface area contributed by atoms with Gasteiger partial charge in [0, 0.05) is 18.7 Å². The number of aryl methyl sites for hydroxylation is 2. The number of nitrogens with one attached hydrogen (secondary N) is 2. The highest BCUT2D eigenvalue weighted by Crippen LogP contribution is 2.16. The van der Waals surface area contributed by atoms with Crippen molar-refractivity contribution in [2.45, 2.75) is 25.8 Å². The van der Waals surface area contributed by atoms with E-state index in [0.717, 1.165) is 36.6 Å². The molecule has 0 atom stereocenters. The minimum atomic E-state index is -0.458. The number of nitrogens with zero attached hydrogens (tertiary/aromatic N) is 3. The first-order valence-electron chi connectivity index (χ1n) is 7.06. The third-order valence-corrected chi connectivity index (χ3v) is 3.54. The van der Waals surface area contributed by atoms with Crippen molar-refractivity contribution in [3.05, 3.63) is 56.1 Å². The van der Waals surface area contributed by atoms with E-state index in [1.807, 2.05) is 0 Å². The third-order valence-electron chi connectivity index (χ3n) is 3.54. The molecule has 0 bridgehead atoms. The van der Waals surface area contributed by atoms with Crippen LogP contribution in [0.2, 0.25) is 0 Å². The maximum atomic E-state index is 11.9. The Morgan fingerprint density at radius 1 is 1.32 bits per heavy atom. The van der Waals surface area contributed by atoms with Gasteiger partial charge >= 0.3 is 0 Å². The molecule has 1 aliphatic carbocycles. The summed E-state index contributed by atoms with van der Waals surface area (Å²) in [6.07, 6.45) is 3.99. The minimum Gasteiger partial charge on any atom is -0.349 e. The summed E-state index contributed by atoms with van der Waals surface area (Å²) < 4.78 is 1.36. The fourth-order valence-electron chi connectivity index (χ4n) is 2.46. The van der Waals surface area contributed by atoms with E-state index in [2.05, 4.69) is 20.4 Å². The smallest absolute Gasteiger partial charge is 0.270 e. The number of carbonyl (C=O) groups is 1. The Kier molecular flexibility index (Phi) is 3.82. The molecule has 114 valence electrons. The Morgan fingerprint density at radius 2 is 2.18 bits per heavy atom. The number of aromatic nitrogens is 4. The summed E-state index contributed by atoms with van der Waals surface area (Å²) in [5.74, 6) is -0.458. The minimum absolute atomic E-state index is 0.0398. The third kappa shape index (κ3) is 2.95. The SMILES string of the molecule is O=C(NCCn1nc2c(cc1=O)CCC2)c1cc(=O)[nH]cn1. The average molecular weight is 301 g/mol. The summed E-state index contributed by atoms with van der Waals surface area (Å²) in [5, 5.41) is 6.93. The van der Waals surface area contributed by atoms with Crippen molar-refractivity contribution >= 4 is 5.91 Å². The number of aromatic amines is 1. The van der Waals surface area contributed by atoms with Crippen LogP contribution >= 0.6 is 0 Å². The van der Waals surface area contributed by atoms with Gasteiger partial charge in [-0.1, -0.05) is 0 Å². The molecule has 22 heavy (non-hydrogen) atoms. The number of amides is 1. The predicted octanol–water partition coefficient (Wildman–Crippen LogP) is -0.755. The molecule has 0 unspecified atom stereocenters. The van der Waals surface area contributed by atoms with Crippen molar-refractivity contribution in [1.82, 2.24) is 25.1 Å². The van der Waals surface area contributed by atoms with Crippen LogP contribution in [0.3, 0.4) is 0 Å². The van der Waals surface area contributed by atoms with Gasteiger partial charge in [0.25, 0.3) is 17.0 Å². The molecule has 2 heterocycles. The van der Waals surface area contributed by atoms with Gasteiger partial charge in [0.15, 0.2) is 0 Å². The average Bonchev–Trinajstić information content (AvgIpc) is 2.94. The molecule has 2 aromatic rings. The lowest BCUT2D eigenvalue weighted by Crippen LogP contribution is -2.33. The second-order valence-electron chi connectivity index (χ2n) is 5.08. The first-order valence-corrected chi connectivity index (χ1v) is 7.06. The van der Waals surface area contributed by atoms with E-state index in [9.17, 15) is 14.4 Å². The molecule has 0 spiro atoms. The zero-order valence-corrected chi connectivity index (χ0v) is 11.8. The van der Waals surface area contributed by atoms with E-state index < -0.39 is 11.5 Å². The van der Waals surface area contributed by atoms with E-state index in [0.29, 0.717) is 0 Å². The maximum Gasteiger partial charge on any atom is 0.270 e. The van der Waals surface area contributed by atoms with Gasteiger partial charge in [0.05, 0.1) is 18.6 Å². The first-order chi connectivity index (χ1) is 10.6. The molecular formula is C14H15N5O3. The molecule has 0 fully saturated rings. The number of fused-ring (bicyclic) bond motifs is 1. The Labute approximate surface area is 125 Å². The second-order valence-corrected chi connectivity index (χ2v) is 5.08. The molecule has 1 amide bonds. The summed E-state index contributed by atoms with van der Waals surface area (Å²) in [4.78, 5) is 41.0. The summed E-state index contributed by atoms with van der Waals surface area (Å²) in [7, 11) is 0. The molecule has 0 saturated carbocycles. The van der Waals surface area contributed by atoms with Crippen molar-refractivity contribution in [2.24, 2.45) is 0 Å². The standard InChI is InChI=1S/C14H15N5O3/c20-12-7-11(16-8-17-12)14(22)15-4-5-19-13(21)6-9-2-1-3-10(9)18-19/h6-8H,1-5H2,(H,15,22)(H,16,17,20).